The number of nitrogens with zero attached hydrogens (tertiary/aromatic N) is 2. The fourth-order valence-electron chi connectivity index (χ4n) is 1.76. The van der Waals surface area contributed by atoms with Crippen molar-refractivity contribution in [3.8, 4) is 0 Å². The van der Waals surface area contributed by atoms with Gasteiger partial charge in [-0.05, 0) is 18.9 Å². The first kappa shape index (κ1) is 16.3. The molecule has 4 N–H and O–H groups in total. The molecule has 0 aromatic carbocycles. The van der Waals surface area contributed by atoms with Gasteiger partial charge >= 0.3 is 0 Å². The van der Waals surface area contributed by atoms with Crippen molar-refractivity contribution in [2.24, 2.45) is 10.9 Å². The summed E-state index contributed by atoms with van der Waals surface area (Å²) in [6.07, 6.45) is 2.45. The molecule has 0 unspecified atom stereocenters. The van der Waals surface area contributed by atoms with Crippen LogP contribution in [-0.4, -0.2) is 30.0 Å². The molecule has 0 bridgehead atoms. The predicted octanol–water partition coefficient (Wildman–Crippen LogP) is 0.804. The van der Waals surface area contributed by atoms with Gasteiger partial charge < -0.3 is 10.9 Å². The molecule has 1 heterocycles. The number of pyridine rings is 1. The van der Waals surface area contributed by atoms with Crippen LogP contribution in [-0.2, 0) is 10.0 Å². The molecule has 1 aromatic rings. The van der Waals surface area contributed by atoms with E-state index in [0.717, 1.165) is 18.5 Å². The molecule has 0 spiro atoms. The lowest BCUT2D eigenvalue weighted by atomic mass is 9.93. The second-order valence-corrected chi connectivity index (χ2v) is 5.90. The Kier molecular flexibility index (Phi) is 5.01. The van der Waals surface area contributed by atoms with Gasteiger partial charge in [-0.1, -0.05) is 19.0 Å². The summed E-state index contributed by atoms with van der Waals surface area (Å²) in [6, 6.07) is 0.845. The molecule has 0 radical (unpaired) electrons. The summed E-state index contributed by atoms with van der Waals surface area (Å²) in [5.41, 5.74) is 4.34. The third kappa shape index (κ3) is 3.23. The molecule has 1 rings (SSSR count). The van der Waals surface area contributed by atoms with Gasteiger partial charge in [-0.15, -0.1) is 0 Å². The van der Waals surface area contributed by atoms with E-state index in [0.29, 0.717) is 0 Å². The summed E-state index contributed by atoms with van der Waals surface area (Å²) in [7, 11) is -4.04. The van der Waals surface area contributed by atoms with E-state index in [1.807, 2.05) is 0 Å². The zero-order valence-electron chi connectivity index (χ0n) is 11.2. The lowest BCUT2D eigenvalue weighted by molar-refractivity contribution is 0.307. The number of sulfonamides is 1. The third-order valence-electron chi connectivity index (χ3n) is 3.12. The minimum absolute atomic E-state index is 0.254. The van der Waals surface area contributed by atoms with Crippen molar-refractivity contribution in [3.63, 3.8) is 0 Å². The Hall–Kier alpha value is -1.74. The number of hydrogen-bond donors (Lipinski definition) is 3. The number of halogens is 1. The summed E-state index contributed by atoms with van der Waals surface area (Å²) in [4.78, 5) is 3.17. The van der Waals surface area contributed by atoms with Crippen LogP contribution in [0.1, 0.15) is 26.7 Å². The van der Waals surface area contributed by atoms with Crippen molar-refractivity contribution >= 4 is 15.9 Å². The average Bonchev–Trinajstić information content (AvgIpc) is 2.44. The maximum absolute atomic E-state index is 13.1. The van der Waals surface area contributed by atoms with Crippen LogP contribution in [0.4, 0.5) is 4.39 Å². The summed E-state index contributed by atoms with van der Waals surface area (Å²) < 4.78 is 39.9. The quantitative estimate of drug-likeness (QED) is 0.311. The molecule has 20 heavy (non-hydrogen) atoms. The molecule has 7 nitrogen and oxygen atoms in total. The van der Waals surface area contributed by atoms with Crippen molar-refractivity contribution in [1.82, 2.24) is 9.71 Å². The van der Waals surface area contributed by atoms with Crippen molar-refractivity contribution in [1.29, 1.82) is 0 Å². The lowest BCUT2D eigenvalue weighted by Crippen LogP contribution is -2.56. The van der Waals surface area contributed by atoms with Crippen molar-refractivity contribution in [3.05, 3.63) is 24.3 Å². The number of oxime groups is 1. The van der Waals surface area contributed by atoms with Gasteiger partial charge in [0.1, 0.15) is 10.7 Å². The topological polar surface area (TPSA) is 118 Å². The number of amidine groups is 1. The Morgan fingerprint density at radius 3 is 2.55 bits per heavy atom. The molecular weight excluding hydrogens is 287 g/mol. The van der Waals surface area contributed by atoms with Crippen LogP contribution in [0.2, 0.25) is 0 Å². The van der Waals surface area contributed by atoms with E-state index in [1.54, 1.807) is 13.8 Å². The van der Waals surface area contributed by atoms with Gasteiger partial charge in [0.05, 0.1) is 11.7 Å². The fourth-order valence-corrected chi connectivity index (χ4v) is 3.25. The highest BCUT2D eigenvalue weighted by Crippen LogP contribution is 2.20. The van der Waals surface area contributed by atoms with Crippen LogP contribution < -0.4 is 10.5 Å². The average molecular weight is 304 g/mol. The second kappa shape index (κ2) is 6.14. The van der Waals surface area contributed by atoms with E-state index >= 15 is 0 Å². The molecule has 9 heteroatoms. The molecular formula is C11H17FN4O3S. The summed E-state index contributed by atoms with van der Waals surface area (Å²) in [5.74, 6) is -1.02. The Labute approximate surface area is 116 Å². The number of rotatable bonds is 6. The van der Waals surface area contributed by atoms with Gasteiger partial charge in [0.2, 0.25) is 10.0 Å². The van der Waals surface area contributed by atoms with Crippen LogP contribution in [0.3, 0.4) is 0 Å². The minimum Gasteiger partial charge on any atom is -0.409 e. The number of nitrogens with two attached hydrogens (primary N) is 1. The molecule has 1 aromatic heterocycles. The highest BCUT2D eigenvalue weighted by atomic mass is 32.2. The van der Waals surface area contributed by atoms with Gasteiger partial charge in [0.15, 0.2) is 5.84 Å². The van der Waals surface area contributed by atoms with E-state index in [-0.39, 0.29) is 23.6 Å². The highest BCUT2D eigenvalue weighted by molar-refractivity contribution is 7.89. The SMILES string of the molecule is CCC(CC)(NS(=O)(=O)c1cncc(F)c1)C(N)=NO. The Balaban J connectivity index is 3.23. The fraction of sp³-hybridized carbons (Fsp3) is 0.455. The van der Waals surface area contributed by atoms with Crippen LogP contribution in [0.25, 0.3) is 0 Å². The largest absolute Gasteiger partial charge is 0.409 e. The number of nitrogens with one attached hydrogen (secondary N) is 1. The first-order chi connectivity index (χ1) is 9.31. The summed E-state index contributed by atoms with van der Waals surface area (Å²) in [5, 5.41) is 11.7. The van der Waals surface area contributed by atoms with Gasteiger partial charge in [-0.2, -0.15) is 4.72 Å². The van der Waals surface area contributed by atoms with E-state index in [9.17, 15) is 12.8 Å². The number of hydrogen-bond acceptors (Lipinski definition) is 5. The summed E-state index contributed by atoms with van der Waals surface area (Å²) in [6.45, 7) is 3.38. The molecule has 0 aliphatic rings. The van der Waals surface area contributed by atoms with E-state index in [2.05, 4.69) is 14.9 Å². The molecule has 0 aliphatic carbocycles. The van der Waals surface area contributed by atoms with Crippen molar-refractivity contribution in [2.45, 2.75) is 37.1 Å². The lowest BCUT2D eigenvalue weighted by Gasteiger charge is -2.30. The smallest absolute Gasteiger partial charge is 0.243 e. The maximum atomic E-state index is 13.1. The van der Waals surface area contributed by atoms with Crippen LogP contribution in [0.5, 0.6) is 0 Å². The summed E-state index contributed by atoms with van der Waals surface area (Å²) >= 11 is 0. The zero-order chi connectivity index (χ0) is 15.4. The van der Waals surface area contributed by atoms with Gasteiger partial charge in [0.25, 0.3) is 0 Å². The minimum atomic E-state index is -4.04. The predicted molar refractivity (Wildman–Crippen MR) is 71.2 cm³/mol. The first-order valence-electron chi connectivity index (χ1n) is 5.94. The molecule has 0 aliphatic heterocycles. The first-order valence-corrected chi connectivity index (χ1v) is 7.42. The standard InChI is InChI=1S/C11H17FN4O3S/c1-3-11(4-2,10(13)15-17)16-20(18,19)9-5-8(12)6-14-7-9/h5-7,16-17H,3-4H2,1-2H3,(H2,13,15). The Morgan fingerprint density at radius 2 is 2.10 bits per heavy atom. The van der Waals surface area contributed by atoms with Crippen LogP contribution >= 0.6 is 0 Å². The monoisotopic (exact) mass is 304 g/mol. The second-order valence-electron chi connectivity index (χ2n) is 4.22. The molecule has 0 amide bonds. The number of aromatic nitrogens is 1. The van der Waals surface area contributed by atoms with Crippen LogP contribution in [0.15, 0.2) is 28.5 Å². The van der Waals surface area contributed by atoms with E-state index in [4.69, 9.17) is 10.9 Å². The van der Waals surface area contributed by atoms with E-state index in [1.165, 1.54) is 0 Å². The third-order valence-corrected chi connectivity index (χ3v) is 4.63. The molecule has 0 fully saturated rings. The Morgan fingerprint density at radius 1 is 1.50 bits per heavy atom. The van der Waals surface area contributed by atoms with Gasteiger partial charge in [-0.25, -0.2) is 12.8 Å². The normalized spacial score (nSPS) is 13.4. The van der Waals surface area contributed by atoms with Gasteiger partial charge in [-0.3, -0.25) is 4.98 Å². The van der Waals surface area contributed by atoms with E-state index < -0.39 is 21.4 Å². The highest BCUT2D eigenvalue weighted by Gasteiger charge is 2.36. The maximum Gasteiger partial charge on any atom is 0.243 e. The van der Waals surface area contributed by atoms with Crippen molar-refractivity contribution in [2.75, 3.05) is 0 Å². The van der Waals surface area contributed by atoms with Gasteiger partial charge in [0, 0.05) is 6.20 Å². The Bertz CT molecular complexity index is 599. The molecule has 0 saturated heterocycles. The van der Waals surface area contributed by atoms with Crippen LogP contribution in [0, 0.1) is 5.82 Å². The molecule has 112 valence electrons. The molecule has 0 saturated carbocycles. The van der Waals surface area contributed by atoms with Crippen molar-refractivity contribution < 1.29 is 18.0 Å². The molecule has 0 atom stereocenters. The zero-order valence-corrected chi connectivity index (χ0v) is 12.0.